The van der Waals surface area contributed by atoms with E-state index in [0.29, 0.717) is 37.5 Å². The number of nitrogens with one attached hydrogen (secondary N) is 1. The van der Waals surface area contributed by atoms with Crippen molar-refractivity contribution in [3.63, 3.8) is 0 Å². The quantitative estimate of drug-likeness (QED) is 0.798. The zero-order chi connectivity index (χ0) is 16.8. The molecule has 24 heavy (non-hydrogen) atoms. The number of amides is 1. The van der Waals surface area contributed by atoms with Crippen LogP contribution in [-0.4, -0.2) is 40.6 Å². The summed E-state index contributed by atoms with van der Waals surface area (Å²) in [4.78, 5) is 18.6. The van der Waals surface area contributed by atoms with Crippen LogP contribution in [0.1, 0.15) is 49.2 Å². The van der Waals surface area contributed by atoms with E-state index < -0.39 is 0 Å². The highest BCUT2D eigenvalue weighted by Crippen LogP contribution is 2.24. The first kappa shape index (κ1) is 16.7. The second-order valence-electron chi connectivity index (χ2n) is 6.17. The number of carbonyl (C=O) groups is 1. The average molecular weight is 332 g/mol. The maximum atomic E-state index is 12.1. The molecule has 2 aromatic rings. The number of carbonyl (C=O) groups excluding carboxylic acids is 1. The van der Waals surface area contributed by atoms with Crippen LogP contribution in [0.3, 0.4) is 0 Å². The fraction of sp³-hybridized carbons (Fsp3) is 0.588. The zero-order valence-electron chi connectivity index (χ0n) is 14.0. The zero-order valence-corrected chi connectivity index (χ0v) is 14.0. The molecule has 3 rings (SSSR count). The molecule has 0 saturated carbocycles. The van der Waals surface area contributed by atoms with Crippen molar-refractivity contribution in [2.24, 2.45) is 0 Å². The number of furan rings is 1. The van der Waals surface area contributed by atoms with E-state index in [1.165, 1.54) is 12.8 Å². The Morgan fingerprint density at radius 3 is 2.92 bits per heavy atom. The Morgan fingerprint density at radius 1 is 1.42 bits per heavy atom. The lowest BCUT2D eigenvalue weighted by molar-refractivity contribution is -0.121. The lowest BCUT2D eigenvalue weighted by Gasteiger charge is -2.26. The van der Waals surface area contributed by atoms with Crippen molar-refractivity contribution in [2.45, 2.75) is 45.1 Å². The highest BCUT2D eigenvalue weighted by Gasteiger charge is 2.25. The monoisotopic (exact) mass is 332 g/mol. The van der Waals surface area contributed by atoms with Gasteiger partial charge in [0, 0.05) is 19.4 Å². The van der Waals surface area contributed by atoms with Crippen LogP contribution < -0.4 is 5.32 Å². The van der Waals surface area contributed by atoms with Crippen LogP contribution in [0.5, 0.6) is 0 Å². The third-order valence-electron chi connectivity index (χ3n) is 4.31. The van der Waals surface area contributed by atoms with Crippen molar-refractivity contribution in [3.8, 4) is 0 Å². The summed E-state index contributed by atoms with van der Waals surface area (Å²) in [6.45, 7) is 4.47. The first-order chi connectivity index (χ1) is 11.7. The molecule has 0 aliphatic carbocycles. The van der Waals surface area contributed by atoms with E-state index in [-0.39, 0.29) is 11.9 Å². The maximum absolute atomic E-state index is 12.1. The summed E-state index contributed by atoms with van der Waals surface area (Å²) >= 11 is 0. The number of aryl methyl sites for hydroxylation is 2. The number of aromatic nitrogens is 2. The fourth-order valence-corrected chi connectivity index (χ4v) is 3.08. The van der Waals surface area contributed by atoms with Gasteiger partial charge in [-0.05, 0) is 51.4 Å². The van der Waals surface area contributed by atoms with Crippen LogP contribution in [-0.2, 0) is 11.2 Å². The molecule has 0 unspecified atom stereocenters. The maximum Gasteiger partial charge on any atom is 0.226 e. The van der Waals surface area contributed by atoms with E-state index in [1.807, 2.05) is 12.1 Å². The lowest BCUT2D eigenvalue weighted by Crippen LogP contribution is -2.36. The summed E-state index contributed by atoms with van der Waals surface area (Å²) in [6.07, 6.45) is 5.87. The van der Waals surface area contributed by atoms with Crippen molar-refractivity contribution in [2.75, 3.05) is 19.6 Å². The van der Waals surface area contributed by atoms with Gasteiger partial charge in [-0.2, -0.15) is 4.98 Å². The third kappa shape index (κ3) is 4.44. The first-order valence-corrected chi connectivity index (χ1v) is 8.56. The molecule has 1 saturated heterocycles. The molecule has 2 aromatic heterocycles. The van der Waals surface area contributed by atoms with Gasteiger partial charge in [-0.25, -0.2) is 0 Å². The third-order valence-corrected chi connectivity index (χ3v) is 4.31. The normalized spacial score (nSPS) is 16.4. The van der Waals surface area contributed by atoms with Gasteiger partial charge in [-0.1, -0.05) is 5.16 Å². The average Bonchev–Trinajstić information content (AvgIpc) is 3.30. The second-order valence-corrected chi connectivity index (χ2v) is 6.17. The molecule has 1 N–H and O–H groups in total. The minimum atomic E-state index is 0.0435. The van der Waals surface area contributed by atoms with Crippen molar-refractivity contribution in [1.29, 1.82) is 0 Å². The second kappa shape index (κ2) is 8.10. The van der Waals surface area contributed by atoms with Gasteiger partial charge < -0.3 is 14.3 Å². The van der Waals surface area contributed by atoms with Crippen LogP contribution in [0.25, 0.3) is 0 Å². The number of nitrogens with zero attached hydrogens (tertiary/aromatic N) is 3. The molecule has 1 aliphatic heterocycles. The Hall–Kier alpha value is -2.15. The van der Waals surface area contributed by atoms with E-state index in [0.717, 1.165) is 18.8 Å². The number of hydrogen-bond donors (Lipinski definition) is 1. The Kier molecular flexibility index (Phi) is 5.63. The molecule has 1 fully saturated rings. The molecule has 3 heterocycles. The molecule has 0 radical (unpaired) electrons. The molecule has 7 nitrogen and oxygen atoms in total. The Labute approximate surface area is 141 Å². The van der Waals surface area contributed by atoms with Crippen LogP contribution in [0.4, 0.5) is 0 Å². The van der Waals surface area contributed by atoms with Gasteiger partial charge in [0.05, 0.1) is 12.3 Å². The summed E-state index contributed by atoms with van der Waals surface area (Å²) in [5, 5.41) is 6.78. The number of likely N-dealkylation sites (tertiary alicyclic amines) is 1. The molecule has 130 valence electrons. The van der Waals surface area contributed by atoms with Crippen LogP contribution in [0.15, 0.2) is 27.3 Å². The Morgan fingerprint density at radius 2 is 2.25 bits per heavy atom. The molecule has 0 bridgehead atoms. The Bertz CT molecular complexity index is 632. The minimum absolute atomic E-state index is 0.0435. The summed E-state index contributed by atoms with van der Waals surface area (Å²) in [5.41, 5.74) is 0. The van der Waals surface area contributed by atoms with Gasteiger partial charge in [-0.15, -0.1) is 0 Å². The Balaban J connectivity index is 1.44. The van der Waals surface area contributed by atoms with E-state index in [9.17, 15) is 4.79 Å². The predicted molar refractivity (Wildman–Crippen MR) is 87.2 cm³/mol. The molecular formula is C17H24N4O3. The van der Waals surface area contributed by atoms with Gasteiger partial charge >= 0.3 is 0 Å². The molecule has 1 aliphatic rings. The standard InChI is InChI=1S/C17H24N4O3/c1-13-19-17(24-20-13)8-4-7-16(22)18-12-14(15-6-5-11-23-15)21-9-2-3-10-21/h5-6,11,14H,2-4,7-10,12H2,1H3,(H,18,22)/t14-/m0/s1. The first-order valence-electron chi connectivity index (χ1n) is 8.56. The molecule has 0 aromatic carbocycles. The molecule has 1 atom stereocenters. The smallest absolute Gasteiger partial charge is 0.226 e. The van der Waals surface area contributed by atoms with Crippen molar-refractivity contribution < 1.29 is 13.7 Å². The summed E-state index contributed by atoms with van der Waals surface area (Å²) in [6, 6.07) is 3.99. The topological polar surface area (TPSA) is 84.4 Å². The van der Waals surface area contributed by atoms with Crippen LogP contribution in [0, 0.1) is 6.92 Å². The van der Waals surface area contributed by atoms with E-state index in [2.05, 4.69) is 20.4 Å². The van der Waals surface area contributed by atoms with Gasteiger partial charge in [-0.3, -0.25) is 9.69 Å². The van der Waals surface area contributed by atoms with Crippen molar-refractivity contribution in [3.05, 3.63) is 35.9 Å². The van der Waals surface area contributed by atoms with Crippen molar-refractivity contribution >= 4 is 5.91 Å². The van der Waals surface area contributed by atoms with E-state index >= 15 is 0 Å². The van der Waals surface area contributed by atoms with Gasteiger partial charge in [0.25, 0.3) is 0 Å². The van der Waals surface area contributed by atoms with Gasteiger partial charge in [0.2, 0.25) is 11.8 Å². The van der Waals surface area contributed by atoms with Crippen LogP contribution in [0.2, 0.25) is 0 Å². The molecular weight excluding hydrogens is 308 g/mol. The summed E-state index contributed by atoms with van der Waals surface area (Å²) in [5.74, 6) is 2.17. The lowest BCUT2D eigenvalue weighted by atomic mass is 10.2. The molecule has 0 spiro atoms. The van der Waals surface area contributed by atoms with Crippen LogP contribution >= 0.6 is 0 Å². The largest absolute Gasteiger partial charge is 0.468 e. The fourth-order valence-electron chi connectivity index (χ4n) is 3.08. The highest BCUT2D eigenvalue weighted by molar-refractivity contribution is 5.75. The van der Waals surface area contributed by atoms with E-state index in [1.54, 1.807) is 13.2 Å². The number of rotatable bonds is 8. The van der Waals surface area contributed by atoms with Gasteiger partial charge in [0.15, 0.2) is 5.82 Å². The number of hydrogen-bond acceptors (Lipinski definition) is 6. The van der Waals surface area contributed by atoms with Crippen molar-refractivity contribution in [1.82, 2.24) is 20.4 Å². The molecule has 7 heteroatoms. The summed E-state index contributed by atoms with van der Waals surface area (Å²) in [7, 11) is 0. The minimum Gasteiger partial charge on any atom is -0.468 e. The summed E-state index contributed by atoms with van der Waals surface area (Å²) < 4.78 is 10.6. The van der Waals surface area contributed by atoms with E-state index in [4.69, 9.17) is 8.94 Å². The SMILES string of the molecule is Cc1noc(CCCC(=O)NC[C@@H](c2ccco2)N2CCCC2)n1. The predicted octanol–water partition coefficient (Wildman–Crippen LogP) is 2.25. The van der Waals surface area contributed by atoms with Gasteiger partial charge in [0.1, 0.15) is 5.76 Å². The molecule has 1 amide bonds. The highest BCUT2D eigenvalue weighted by atomic mass is 16.5.